The first-order valence-corrected chi connectivity index (χ1v) is 4.53. The fourth-order valence-electron chi connectivity index (χ4n) is 1.07. The summed E-state index contributed by atoms with van der Waals surface area (Å²) in [7, 11) is 0. The van der Waals surface area contributed by atoms with Gasteiger partial charge in [-0.25, -0.2) is 9.97 Å². The molecule has 1 fully saturated rings. The predicted molar refractivity (Wildman–Crippen MR) is 52.7 cm³/mol. The molecule has 2 rings (SSSR count). The Kier molecular flexibility index (Phi) is 1.80. The maximum Gasteiger partial charge on any atom is 0.157 e. The first-order valence-electron chi connectivity index (χ1n) is 4.15. The maximum absolute atomic E-state index is 5.75. The number of nitrogens with zero attached hydrogens (tertiary/aromatic N) is 2. The number of rotatable bonds is 2. The topological polar surface area (TPSA) is 63.8 Å². The summed E-state index contributed by atoms with van der Waals surface area (Å²) in [6.45, 7) is 2.13. The fraction of sp³-hybridized carbons (Fsp3) is 0.500. The van der Waals surface area contributed by atoms with Gasteiger partial charge in [0.05, 0.1) is 0 Å². The lowest BCUT2D eigenvalue weighted by Crippen LogP contribution is -2.18. The fourth-order valence-corrected chi connectivity index (χ4v) is 1.21. The van der Waals surface area contributed by atoms with Gasteiger partial charge >= 0.3 is 0 Å². The third-order valence-electron chi connectivity index (χ3n) is 2.26. The Morgan fingerprint density at radius 3 is 2.85 bits per heavy atom. The molecule has 5 heteroatoms. The molecule has 3 N–H and O–H groups in total. The molecule has 0 spiro atoms. The summed E-state index contributed by atoms with van der Waals surface area (Å²) < 4.78 is 0. The van der Waals surface area contributed by atoms with Crippen molar-refractivity contribution in [1.29, 1.82) is 0 Å². The molecule has 13 heavy (non-hydrogen) atoms. The zero-order valence-corrected chi connectivity index (χ0v) is 8.10. The van der Waals surface area contributed by atoms with Gasteiger partial charge in [0, 0.05) is 5.54 Å². The van der Waals surface area contributed by atoms with Crippen LogP contribution < -0.4 is 11.1 Å². The summed E-state index contributed by atoms with van der Waals surface area (Å²) in [6.07, 6.45) is 3.70. The molecule has 70 valence electrons. The van der Waals surface area contributed by atoms with Crippen LogP contribution in [0.2, 0.25) is 5.15 Å². The van der Waals surface area contributed by atoms with Crippen LogP contribution in [0.4, 0.5) is 11.5 Å². The normalized spacial score (nSPS) is 18.3. The van der Waals surface area contributed by atoms with Crippen LogP contribution in [0.15, 0.2) is 6.33 Å². The van der Waals surface area contributed by atoms with Gasteiger partial charge in [0.1, 0.15) is 12.0 Å². The minimum Gasteiger partial charge on any atom is -0.393 e. The van der Waals surface area contributed by atoms with Crippen LogP contribution in [0.1, 0.15) is 19.8 Å². The van der Waals surface area contributed by atoms with Crippen LogP contribution in [0.3, 0.4) is 0 Å². The molecule has 1 aromatic rings. The Hall–Kier alpha value is -1.03. The maximum atomic E-state index is 5.75. The summed E-state index contributed by atoms with van der Waals surface area (Å²) in [5.41, 5.74) is 6.28. The van der Waals surface area contributed by atoms with Crippen LogP contribution in [0.5, 0.6) is 0 Å². The molecule has 0 aliphatic heterocycles. The SMILES string of the molecule is CC1(Nc2ncnc(Cl)c2N)CC1. The Bertz CT molecular complexity index is 335. The summed E-state index contributed by atoms with van der Waals surface area (Å²) in [5, 5.41) is 3.55. The quantitative estimate of drug-likeness (QED) is 0.710. The highest BCUT2D eigenvalue weighted by molar-refractivity contribution is 6.32. The van der Waals surface area contributed by atoms with Crippen molar-refractivity contribution in [1.82, 2.24) is 9.97 Å². The van der Waals surface area contributed by atoms with Crippen molar-refractivity contribution in [3.8, 4) is 0 Å². The van der Waals surface area contributed by atoms with Gasteiger partial charge in [0.15, 0.2) is 11.0 Å². The third-order valence-corrected chi connectivity index (χ3v) is 2.56. The highest BCUT2D eigenvalue weighted by atomic mass is 35.5. The second kappa shape index (κ2) is 2.73. The highest BCUT2D eigenvalue weighted by Crippen LogP contribution is 2.39. The lowest BCUT2D eigenvalue weighted by atomic mass is 10.3. The Morgan fingerprint density at radius 2 is 2.23 bits per heavy atom. The summed E-state index contributed by atoms with van der Waals surface area (Å²) in [6, 6.07) is 0. The standard InChI is InChI=1S/C8H11ClN4/c1-8(2-3-8)13-7-5(10)6(9)11-4-12-7/h4H,2-3,10H2,1H3,(H,11,12,13). The number of hydrogen-bond donors (Lipinski definition) is 2. The van der Waals surface area contributed by atoms with E-state index in [-0.39, 0.29) is 5.54 Å². The zero-order valence-electron chi connectivity index (χ0n) is 7.34. The molecule has 0 unspecified atom stereocenters. The molecule has 0 radical (unpaired) electrons. The van der Waals surface area contributed by atoms with Gasteiger partial charge < -0.3 is 11.1 Å². The molecule has 0 bridgehead atoms. The number of nitrogens with two attached hydrogens (primary N) is 1. The van der Waals surface area contributed by atoms with Gasteiger partial charge in [-0.2, -0.15) is 0 Å². The Labute approximate surface area is 81.5 Å². The summed E-state index contributed by atoms with van der Waals surface area (Å²) in [5.74, 6) is 0.639. The van der Waals surface area contributed by atoms with Crippen LogP contribution in [-0.2, 0) is 0 Å². The van der Waals surface area contributed by atoms with E-state index in [0.29, 0.717) is 16.7 Å². The molecule has 1 saturated carbocycles. The van der Waals surface area contributed by atoms with Gasteiger partial charge in [-0.05, 0) is 19.8 Å². The van der Waals surface area contributed by atoms with E-state index in [0.717, 1.165) is 12.8 Å². The van der Waals surface area contributed by atoms with Crippen molar-refractivity contribution in [3.63, 3.8) is 0 Å². The largest absolute Gasteiger partial charge is 0.393 e. The second-order valence-electron chi connectivity index (χ2n) is 3.61. The van der Waals surface area contributed by atoms with E-state index in [1.807, 2.05) is 0 Å². The number of nitrogen functional groups attached to an aromatic ring is 1. The molecule has 1 aromatic heterocycles. The molecule has 4 nitrogen and oxygen atoms in total. The van der Waals surface area contributed by atoms with Crippen LogP contribution >= 0.6 is 11.6 Å². The minimum absolute atomic E-state index is 0.159. The second-order valence-corrected chi connectivity index (χ2v) is 3.97. The number of anilines is 2. The molecule has 1 heterocycles. The average molecular weight is 199 g/mol. The smallest absolute Gasteiger partial charge is 0.157 e. The van der Waals surface area contributed by atoms with Gasteiger partial charge in [0.25, 0.3) is 0 Å². The summed E-state index contributed by atoms with van der Waals surface area (Å²) in [4.78, 5) is 7.81. The van der Waals surface area contributed by atoms with Gasteiger partial charge in [-0.1, -0.05) is 11.6 Å². The minimum atomic E-state index is 0.159. The number of hydrogen-bond acceptors (Lipinski definition) is 4. The van der Waals surface area contributed by atoms with Crippen molar-refractivity contribution in [3.05, 3.63) is 11.5 Å². The van der Waals surface area contributed by atoms with Crippen molar-refractivity contribution >= 4 is 23.1 Å². The molecule has 1 aliphatic carbocycles. The van der Waals surface area contributed by atoms with Crippen LogP contribution in [0, 0.1) is 0 Å². The average Bonchev–Trinajstić information content (AvgIpc) is 2.78. The Morgan fingerprint density at radius 1 is 1.54 bits per heavy atom. The van der Waals surface area contributed by atoms with Crippen molar-refractivity contribution in [2.45, 2.75) is 25.3 Å². The summed E-state index contributed by atoms with van der Waals surface area (Å²) >= 11 is 5.75. The first kappa shape index (κ1) is 8.56. The highest BCUT2D eigenvalue weighted by Gasteiger charge is 2.37. The van der Waals surface area contributed by atoms with E-state index in [1.165, 1.54) is 6.33 Å². The van der Waals surface area contributed by atoms with Crippen molar-refractivity contribution < 1.29 is 0 Å². The first-order chi connectivity index (χ1) is 6.11. The zero-order chi connectivity index (χ0) is 9.47. The number of halogens is 1. The third kappa shape index (κ3) is 1.67. The van der Waals surface area contributed by atoms with E-state index < -0.39 is 0 Å². The van der Waals surface area contributed by atoms with E-state index in [1.54, 1.807) is 0 Å². The lowest BCUT2D eigenvalue weighted by molar-refractivity contribution is 0.820. The van der Waals surface area contributed by atoms with E-state index >= 15 is 0 Å². The van der Waals surface area contributed by atoms with Gasteiger partial charge in [-0.3, -0.25) is 0 Å². The van der Waals surface area contributed by atoms with E-state index in [2.05, 4.69) is 22.2 Å². The number of aromatic nitrogens is 2. The molecule has 0 atom stereocenters. The molecule has 0 amide bonds. The van der Waals surface area contributed by atoms with Crippen LogP contribution in [0.25, 0.3) is 0 Å². The predicted octanol–water partition coefficient (Wildman–Crippen LogP) is 1.68. The molecule has 0 aromatic carbocycles. The molecular formula is C8H11ClN4. The van der Waals surface area contributed by atoms with Gasteiger partial charge in [0.2, 0.25) is 0 Å². The van der Waals surface area contributed by atoms with Crippen molar-refractivity contribution in [2.24, 2.45) is 0 Å². The van der Waals surface area contributed by atoms with E-state index in [4.69, 9.17) is 17.3 Å². The lowest BCUT2D eigenvalue weighted by Gasteiger charge is -2.13. The monoisotopic (exact) mass is 198 g/mol. The molecule has 1 aliphatic rings. The number of nitrogens with one attached hydrogen (secondary N) is 1. The molecular weight excluding hydrogens is 188 g/mol. The van der Waals surface area contributed by atoms with E-state index in [9.17, 15) is 0 Å². The van der Waals surface area contributed by atoms with Gasteiger partial charge in [-0.15, -0.1) is 0 Å². The Balaban J connectivity index is 2.25. The van der Waals surface area contributed by atoms with Crippen LogP contribution in [-0.4, -0.2) is 15.5 Å². The molecule has 0 saturated heterocycles. The van der Waals surface area contributed by atoms with Crippen molar-refractivity contribution in [2.75, 3.05) is 11.1 Å².